The van der Waals surface area contributed by atoms with Gasteiger partial charge in [-0.25, -0.2) is 4.79 Å². The van der Waals surface area contributed by atoms with Crippen molar-refractivity contribution in [3.8, 4) is 5.75 Å². The standard InChI is InChI=1S/C39H52O4/c1-25(2)26(3)8-9-27(4)34-17-18-35-33-16-13-30-24-32(20-22-38(30,6)36(33)21-23-39(34,35)7)43-37(41)19-12-29-10-14-31(15-11-29)42-28(5)40/h8-16,19,25-27,32,34-36H,17-18,20-24H2,1-7H3/b9-8+,19-12+/t26-,27+,32-,34+,35?,36?,38-,39?/m0/s1. The van der Waals surface area contributed by atoms with E-state index in [0.29, 0.717) is 40.8 Å². The number of esters is 2. The number of rotatable bonds is 8. The summed E-state index contributed by atoms with van der Waals surface area (Å²) in [5.41, 5.74) is 4.59. The molecule has 1 aromatic rings. The van der Waals surface area contributed by atoms with Gasteiger partial charge in [-0.2, -0.15) is 0 Å². The maximum Gasteiger partial charge on any atom is 0.331 e. The van der Waals surface area contributed by atoms with Gasteiger partial charge in [-0.05, 0) is 109 Å². The van der Waals surface area contributed by atoms with E-state index in [2.05, 4.69) is 65.8 Å². The monoisotopic (exact) mass is 584 g/mol. The van der Waals surface area contributed by atoms with Crippen molar-refractivity contribution in [3.63, 3.8) is 0 Å². The number of carbonyl (C=O) groups excluding carboxylic acids is 2. The molecule has 0 aliphatic heterocycles. The predicted molar refractivity (Wildman–Crippen MR) is 174 cm³/mol. The molecular formula is C39H52O4. The molecule has 0 radical (unpaired) electrons. The smallest absolute Gasteiger partial charge is 0.331 e. The Balaban J connectivity index is 1.23. The van der Waals surface area contributed by atoms with Crippen LogP contribution in [-0.4, -0.2) is 18.0 Å². The molecule has 4 heteroatoms. The van der Waals surface area contributed by atoms with Crippen LogP contribution in [0.3, 0.4) is 0 Å². The number of hydrogen-bond donors (Lipinski definition) is 0. The van der Waals surface area contributed by atoms with Crippen LogP contribution >= 0.6 is 0 Å². The Labute approximate surface area is 259 Å². The van der Waals surface area contributed by atoms with Gasteiger partial charge in [-0.3, -0.25) is 4.79 Å². The van der Waals surface area contributed by atoms with Gasteiger partial charge in [0, 0.05) is 19.4 Å². The molecule has 0 saturated heterocycles. The molecular weight excluding hydrogens is 532 g/mol. The fraction of sp³-hybridized carbons (Fsp3) is 0.590. The highest BCUT2D eigenvalue weighted by molar-refractivity contribution is 5.87. The lowest BCUT2D eigenvalue weighted by molar-refractivity contribution is -0.144. The van der Waals surface area contributed by atoms with Gasteiger partial charge in [-0.1, -0.05) is 89.1 Å². The molecule has 3 unspecified atom stereocenters. The van der Waals surface area contributed by atoms with E-state index >= 15 is 0 Å². The summed E-state index contributed by atoms with van der Waals surface area (Å²) in [5.74, 6) is 3.83. The fourth-order valence-corrected chi connectivity index (χ4v) is 8.86. The van der Waals surface area contributed by atoms with Crippen LogP contribution < -0.4 is 4.74 Å². The molecule has 0 heterocycles. The largest absolute Gasteiger partial charge is 0.459 e. The molecule has 43 heavy (non-hydrogen) atoms. The third-order valence-corrected chi connectivity index (χ3v) is 11.8. The average molecular weight is 585 g/mol. The molecule has 4 nitrogen and oxygen atoms in total. The normalized spacial score (nSPS) is 33.3. The molecule has 3 saturated carbocycles. The number of benzene rings is 1. The first-order valence-electron chi connectivity index (χ1n) is 16.7. The third kappa shape index (κ3) is 6.49. The van der Waals surface area contributed by atoms with Crippen molar-refractivity contribution < 1.29 is 19.1 Å². The summed E-state index contributed by atoms with van der Waals surface area (Å²) in [6.07, 6.45) is 21.1. The van der Waals surface area contributed by atoms with Crippen LogP contribution in [0, 0.1) is 46.3 Å². The number of ether oxygens (including phenoxy) is 2. The van der Waals surface area contributed by atoms with Gasteiger partial charge in [0.05, 0.1) is 0 Å². The van der Waals surface area contributed by atoms with E-state index in [1.807, 2.05) is 12.1 Å². The Morgan fingerprint density at radius 1 is 0.907 bits per heavy atom. The van der Waals surface area contributed by atoms with Crippen molar-refractivity contribution in [2.75, 3.05) is 0 Å². The van der Waals surface area contributed by atoms with Crippen LogP contribution in [0.2, 0.25) is 0 Å². The second-order valence-corrected chi connectivity index (χ2v) is 14.8. The minimum absolute atomic E-state index is 0.0802. The molecule has 3 fully saturated rings. The van der Waals surface area contributed by atoms with E-state index in [0.717, 1.165) is 30.7 Å². The van der Waals surface area contributed by atoms with Crippen molar-refractivity contribution in [1.82, 2.24) is 0 Å². The lowest BCUT2D eigenvalue weighted by Gasteiger charge is -2.55. The lowest BCUT2D eigenvalue weighted by Crippen LogP contribution is -2.46. The quantitative estimate of drug-likeness (QED) is 0.132. The van der Waals surface area contributed by atoms with Crippen LogP contribution in [-0.2, 0) is 14.3 Å². The SMILES string of the molecule is CC(=O)Oc1ccc(/C=C/C(=O)O[C@H]2CC[C@@]3(C)C(=CC=C4C5CC[C@H]([C@H](C)/C=C/[C@H](C)C(C)C)C5(C)CCC43)C2)cc1. The van der Waals surface area contributed by atoms with Crippen molar-refractivity contribution >= 4 is 18.0 Å². The Kier molecular flexibility index (Phi) is 9.26. The summed E-state index contributed by atoms with van der Waals surface area (Å²) in [6.45, 7) is 15.9. The molecule has 232 valence electrons. The Morgan fingerprint density at radius 3 is 2.35 bits per heavy atom. The zero-order valence-electron chi connectivity index (χ0n) is 27.4. The highest BCUT2D eigenvalue weighted by Gasteiger charge is 2.57. The first kappa shape index (κ1) is 31.5. The molecule has 0 bridgehead atoms. The molecule has 0 N–H and O–H groups in total. The molecule has 0 spiro atoms. The zero-order chi connectivity index (χ0) is 30.9. The van der Waals surface area contributed by atoms with E-state index in [1.165, 1.54) is 44.3 Å². The molecule has 5 rings (SSSR count). The fourth-order valence-electron chi connectivity index (χ4n) is 8.86. The van der Waals surface area contributed by atoms with Gasteiger partial charge in [0.25, 0.3) is 0 Å². The highest BCUT2D eigenvalue weighted by atomic mass is 16.5. The summed E-state index contributed by atoms with van der Waals surface area (Å²) in [6, 6.07) is 7.07. The zero-order valence-corrected chi connectivity index (χ0v) is 27.4. The van der Waals surface area contributed by atoms with Crippen LogP contribution in [0.25, 0.3) is 6.08 Å². The topological polar surface area (TPSA) is 52.6 Å². The summed E-state index contributed by atoms with van der Waals surface area (Å²) in [5, 5.41) is 0. The molecule has 0 aromatic heterocycles. The van der Waals surface area contributed by atoms with Crippen molar-refractivity contribution in [2.45, 2.75) is 99.5 Å². The number of carbonyl (C=O) groups is 2. The molecule has 8 atom stereocenters. The number of hydrogen-bond acceptors (Lipinski definition) is 4. The van der Waals surface area contributed by atoms with Crippen molar-refractivity contribution in [2.24, 2.45) is 46.3 Å². The molecule has 4 aliphatic carbocycles. The van der Waals surface area contributed by atoms with Crippen molar-refractivity contribution in [3.05, 3.63) is 71.4 Å². The summed E-state index contributed by atoms with van der Waals surface area (Å²) >= 11 is 0. The Morgan fingerprint density at radius 2 is 1.65 bits per heavy atom. The minimum atomic E-state index is -0.353. The summed E-state index contributed by atoms with van der Waals surface area (Å²) < 4.78 is 11.0. The average Bonchev–Trinajstić information content (AvgIpc) is 3.32. The van der Waals surface area contributed by atoms with E-state index in [9.17, 15) is 9.59 Å². The van der Waals surface area contributed by atoms with E-state index in [-0.39, 0.29) is 23.5 Å². The van der Waals surface area contributed by atoms with E-state index in [1.54, 1.807) is 23.8 Å². The summed E-state index contributed by atoms with van der Waals surface area (Å²) in [7, 11) is 0. The van der Waals surface area contributed by atoms with Gasteiger partial charge in [-0.15, -0.1) is 0 Å². The van der Waals surface area contributed by atoms with E-state index in [4.69, 9.17) is 9.47 Å². The number of allylic oxidation sites excluding steroid dienone is 5. The Bertz CT molecular complexity index is 1310. The molecule has 0 amide bonds. The Hall–Kier alpha value is -2.88. The minimum Gasteiger partial charge on any atom is -0.459 e. The third-order valence-electron chi connectivity index (χ3n) is 11.8. The van der Waals surface area contributed by atoms with Gasteiger partial charge in [0.1, 0.15) is 11.9 Å². The van der Waals surface area contributed by atoms with Crippen LogP contribution in [0.1, 0.15) is 99.0 Å². The van der Waals surface area contributed by atoms with Gasteiger partial charge in [0.15, 0.2) is 0 Å². The lowest BCUT2D eigenvalue weighted by atomic mass is 9.50. The van der Waals surface area contributed by atoms with Gasteiger partial charge in [0.2, 0.25) is 0 Å². The van der Waals surface area contributed by atoms with Crippen molar-refractivity contribution in [1.29, 1.82) is 0 Å². The second kappa shape index (κ2) is 12.6. The van der Waals surface area contributed by atoms with Gasteiger partial charge < -0.3 is 9.47 Å². The highest BCUT2D eigenvalue weighted by Crippen LogP contribution is 2.66. The maximum absolute atomic E-state index is 12.7. The molecule has 1 aromatic carbocycles. The van der Waals surface area contributed by atoms with E-state index < -0.39 is 0 Å². The first-order chi connectivity index (χ1) is 20.4. The van der Waals surface area contributed by atoms with Crippen LogP contribution in [0.15, 0.2) is 65.8 Å². The van der Waals surface area contributed by atoms with Crippen LogP contribution in [0.4, 0.5) is 0 Å². The molecule has 4 aliphatic rings. The van der Waals surface area contributed by atoms with Gasteiger partial charge >= 0.3 is 11.9 Å². The second-order valence-electron chi connectivity index (χ2n) is 14.8. The maximum atomic E-state index is 12.7. The number of fused-ring (bicyclic) bond motifs is 5. The summed E-state index contributed by atoms with van der Waals surface area (Å²) in [4.78, 5) is 23.8. The first-order valence-corrected chi connectivity index (χ1v) is 16.7. The van der Waals surface area contributed by atoms with Crippen LogP contribution in [0.5, 0.6) is 5.75 Å². The predicted octanol–water partition coefficient (Wildman–Crippen LogP) is 9.52.